The summed E-state index contributed by atoms with van der Waals surface area (Å²) in [6, 6.07) is 3.39. The molecule has 1 heterocycles. The van der Waals surface area contributed by atoms with Crippen LogP contribution in [0.1, 0.15) is 24.3 Å². The zero-order valence-electron chi connectivity index (χ0n) is 13.3. The Kier molecular flexibility index (Phi) is 6.09. The van der Waals surface area contributed by atoms with Crippen molar-refractivity contribution in [3.05, 3.63) is 46.7 Å². The van der Waals surface area contributed by atoms with E-state index in [0.717, 1.165) is 12.1 Å². The molecule has 0 saturated heterocycles. The molecule has 0 radical (unpaired) electrons. The Balaban J connectivity index is 2.14. The van der Waals surface area contributed by atoms with Crippen LogP contribution in [0.3, 0.4) is 0 Å². The van der Waals surface area contributed by atoms with Crippen molar-refractivity contribution in [1.82, 2.24) is 9.29 Å². The molecular formula is C15H17ClF2N4OS. The maximum absolute atomic E-state index is 13.2. The van der Waals surface area contributed by atoms with Crippen LogP contribution in [0.4, 0.5) is 20.2 Å². The topological polar surface area (TPSA) is 58.1 Å². The number of anilines is 2. The molecule has 2 aromatic rings. The molecule has 5 nitrogen and oxygen atoms in total. The fourth-order valence-electron chi connectivity index (χ4n) is 1.89. The molecule has 0 fully saturated rings. The van der Waals surface area contributed by atoms with E-state index >= 15 is 0 Å². The second-order valence-corrected chi connectivity index (χ2v) is 6.40. The predicted octanol–water partition coefficient (Wildman–Crippen LogP) is 4.18. The van der Waals surface area contributed by atoms with Gasteiger partial charge in [-0.05, 0) is 26.0 Å². The molecule has 1 amide bonds. The van der Waals surface area contributed by atoms with E-state index < -0.39 is 17.5 Å². The van der Waals surface area contributed by atoms with Gasteiger partial charge >= 0.3 is 0 Å². The lowest BCUT2D eigenvalue weighted by atomic mass is 10.3. The number of carbonyl (C=O) groups excluding carboxylic acids is 1. The van der Waals surface area contributed by atoms with E-state index in [-0.39, 0.29) is 22.4 Å². The molecule has 3 N–H and O–H groups in total. The Labute approximate surface area is 148 Å². The summed E-state index contributed by atoms with van der Waals surface area (Å²) in [5.41, 5.74) is 0.906. The van der Waals surface area contributed by atoms with Crippen LogP contribution < -0.4 is 14.8 Å². The molecule has 0 bridgehead atoms. The molecular weight excluding hydrogens is 358 g/mol. The number of hydrogen-bond acceptors (Lipinski definition) is 4. The highest BCUT2D eigenvalue weighted by Gasteiger charge is 2.20. The number of benzene rings is 1. The van der Waals surface area contributed by atoms with Crippen LogP contribution in [0.5, 0.6) is 0 Å². The minimum atomic E-state index is -1.04. The minimum Gasteiger partial charge on any atom is -0.343 e. The number of aromatic nitrogens is 1. The lowest BCUT2D eigenvalue weighted by molar-refractivity contribution is 0.101. The molecule has 9 heteroatoms. The lowest BCUT2D eigenvalue weighted by Gasteiger charge is -2.08. The van der Waals surface area contributed by atoms with E-state index in [2.05, 4.69) is 14.8 Å². The quantitative estimate of drug-likeness (QED) is 0.664. The van der Waals surface area contributed by atoms with E-state index in [1.54, 1.807) is 17.8 Å². The summed E-state index contributed by atoms with van der Waals surface area (Å²) >= 11 is 7.49. The summed E-state index contributed by atoms with van der Waals surface area (Å²) in [5.74, 6) is -2.54. The maximum Gasteiger partial charge on any atom is 0.273 e. The molecule has 0 aliphatic rings. The van der Waals surface area contributed by atoms with Crippen LogP contribution in [0.25, 0.3) is 0 Å². The standard InChI is InChI=1S/C15H17ClF2N4OS/c1-8(2)20-24-21-12-7-22(3)14(13(12)16)15(23)19-9-4-5-10(17)11(18)6-9/h4-8,20-21H,1-3H3,(H,19,23). The van der Waals surface area contributed by atoms with Gasteiger partial charge in [-0.2, -0.15) is 0 Å². The van der Waals surface area contributed by atoms with Crippen molar-refractivity contribution in [2.75, 3.05) is 10.0 Å². The third kappa shape index (κ3) is 4.40. The van der Waals surface area contributed by atoms with Crippen molar-refractivity contribution in [2.24, 2.45) is 7.05 Å². The number of hydrogen-bond donors (Lipinski definition) is 3. The minimum absolute atomic E-state index is 0.140. The first-order chi connectivity index (χ1) is 11.3. The molecule has 1 aromatic carbocycles. The molecule has 0 aliphatic carbocycles. The maximum atomic E-state index is 13.2. The molecule has 0 saturated carbocycles. The summed E-state index contributed by atoms with van der Waals surface area (Å²) in [5, 5.41) is 2.73. The molecule has 0 spiro atoms. The largest absolute Gasteiger partial charge is 0.343 e. The van der Waals surface area contributed by atoms with Crippen molar-refractivity contribution in [3.63, 3.8) is 0 Å². The first kappa shape index (κ1) is 18.6. The second-order valence-electron chi connectivity index (χ2n) is 5.38. The van der Waals surface area contributed by atoms with Gasteiger partial charge in [0.1, 0.15) is 5.69 Å². The van der Waals surface area contributed by atoms with Gasteiger partial charge in [-0.25, -0.2) is 13.5 Å². The van der Waals surface area contributed by atoms with Gasteiger partial charge in [0.2, 0.25) is 0 Å². The molecule has 0 aliphatic heterocycles. The first-order valence-corrected chi connectivity index (χ1v) is 8.27. The van der Waals surface area contributed by atoms with Crippen molar-refractivity contribution >= 4 is 41.0 Å². The number of aryl methyl sites for hydroxylation is 1. The highest BCUT2D eigenvalue weighted by atomic mass is 35.5. The highest BCUT2D eigenvalue weighted by molar-refractivity contribution is 7.98. The third-order valence-corrected chi connectivity index (χ3v) is 4.26. The van der Waals surface area contributed by atoms with Crippen LogP contribution in [0.15, 0.2) is 24.4 Å². The zero-order chi connectivity index (χ0) is 17.9. The van der Waals surface area contributed by atoms with Crippen LogP contribution in [0.2, 0.25) is 5.02 Å². The molecule has 1 aromatic heterocycles. The average Bonchev–Trinajstić information content (AvgIpc) is 2.77. The van der Waals surface area contributed by atoms with Crippen molar-refractivity contribution in [3.8, 4) is 0 Å². The Bertz CT molecular complexity index is 751. The van der Waals surface area contributed by atoms with Crippen molar-refractivity contribution < 1.29 is 13.6 Å². The smallest absolute Gasteiger partial charge is 0.273 e. The summed E-state index contributed by atoms with van der Waals surface area (Å²) in [7, 11) is 1.66. The second kappa shape index (κ2) is 7.87. The van der Waals surface area contributed by atoms with Crippen molar-refractivity contribution in [2.45, 2.75) is 19.9 Å². The fraction of sp³-hybridized carbons (Fsp3) is 0.267. The number of amides is 1. The fourth-order valence-corrected chi connectivity index (χ4v) is 2.83. The van der Waals surface area contributed by atoms with Crippen molar-refractivity contribution in [1.29, 1.82) is 0 Å². The van der Waals surface area contributed by atoms with Crippen LogP contribution in [-0.4, -0.2) is 16.5 Å². The van der Waals surface area contributed by atoms with Gasteiger partial charge in [0.25, 0.3) is 5.91 Å². The van der Waals surface area contributed by atoms with Crippen LogP contribution in [0, 0.1) is 11.6 Å². The number of nitrogens with zero attached hydrogens (tertiary/aromatic N) is 1. The number of nitrogens with one attached hydrogen (secondary N) is 3. The van der Waals surface area contributed by atoms with Crippen LogP contribution in [-0.2, 0) is 7.05 Å². The van der Waals surface area contributed by atoms with E-state index in [1.807, 2.05) is 13.8 Å². The summed E-state index contributed by atoms with van der Waals surface area (Å²) in [6.07, 6.45) is 1.66. The van der Waals surface area contributed by atoms with Gasteiger partial charge in [0.15, 0.2) is 11.6 Å². The normalized spacial score (nSPS) is 11.0. The highest BCUT2D eigenvalue weighted by Crippen LogP contribution is 2.30. The lowest BCUT2D eigenvalue weighted by Crippen LogP contribution is -2.16. The number of halogens is 3. The van der Waals surface area contributed by atoms with Gasteiger partial charge < -0.3 is 14.6 Å². The molecule has 130 valence electrons. The predicted molar refractivity (Wildman–Crippen MR) is 94.2 cm³/mol. The first-order valence-electron chi connectivity index (χ1n) is 7.08. The summed E-state index contributed by atoms with van der Waals surface area (Å²) in [6.45, 7) is 3.98. The monoisotopic (exact) mass is 374 g/mol. The molecule has 2 rings (SSSR count). The summed E-state index contributed by atoms with van der Waals surface area (Å²) in [4.78, 5) is 12.4. The van der Waals surface area contributed by atoms with Crippen LogP contribution >= 0.6 is 23.7 Å². The average molecular weight is 375 g/mol. The van der Waals surface area contributed by atoms with E-state index in [1.165, 1.54) is 18.2 Å². The van der Waals surface area contributed by atoms with E-state index in [9.17, 15) is 13.6 Å². The Hall–Kier alpha value is -1.77. The Morgan fingerprint density at radius 2 is 2.00 bits per heavy atom. The van der Waals surface area contributed by atoms with Gasteiger partial charge in [-0.15, -0.1) is 0 Å². The number of carbonyl (C=O) groups is 1. The van der Waals surface area contributed by atoms with Gasteiger partial charge in [0.05, 0.1) is 10.7 Å². The Morgan fingerprint density at radius 3 is 2.62 bits per heavy atom. The molecule has 0 unspecified atom stereocenters. The summed E-state index contributed by atoms with van der Waals surface area (Å²) < 4.78 is 33.8. The van der Waals surface area contributed by atoms with Gasteiger partial charge in [0, 0.05) is 43.2 Å². The molecule has 0 atom stereocenters. The Morgan fingerprint density at radius 1 is 1.29 bits per heavy atom. The van der Waals surface area contributed by atoms with E-state index in [0.29, 0.717) is 5.69 Å². The van der Waals surface area contributed by atoms with Gasteiger partial charge in [-0.3, -0.25) is 4.79 Å². The van der Waals surface area contributed by atoms with Gasteiger partial charge in [-0.1, -0.05) is 11.6 Å². The molecule has 24 heavy (non-hydrogen) atoms. The van der Waals surface area contributed by atoms with E-state index in [4.69, 9.17) is 11.6 Å². The SMILES string of the molecule is CC(C)NSNc1cn(C)c(C(=O)Nc2ccc(F)c(F)c2)c1Cl. The third-order valence-electron chi connectivity index (χ3n) is 2.97. The zero-order valence-corrected chi connectivity index (χ0v) is 14.9. The number of rotatable bonds is 6.